The zero-order valence-corrected chi connectivity index (χ0v) is 20.7. The van der Waals surface area contributed by atoms with E-state index in [0.29, 0.717) is 24.3 Å². The number of aromatic nitrogens is 4. The van der Waals surface area contributed by atoms with Gasteiger partial charge >= 0.3 is 5.69 Å². The molecule has 4 aromatic rings. The zero-order chi connectivity index (χ0) is 24.9. The number of hydrogen-bond donors (Lipinski definition) is 1. The minimum Gasteiger partial charge on any atom is -0.348 e. The highest BCUT2D eigenvalue weighted by Gasteiger charge is 2.20. The lowest BCUT2D eigenvalue weighted by Gasteiger charge is -2.16. The van der Waals surface area contributed by atoms with Gasteiger partial charge in [0.25, 0.3) is 5.56 Å². The van der Waals surface area contributed by atoms with E-state index in [2.05, 4.69) is 17.2 Å². The lowest BCUT2D eigenvalue weighted by Crippen LogP contribution is -2.44. The molecule has 0 saturated carbocycles. The Morgan fingerprint density at radius 3 is 2.43 bits per heavy atom. The van der Waals surface area contributed by atoms with Gasteiger partial charge in [0.1, 0.15) is 6.54 Å². The van der Waals surface area contributed by atoms with Crippen molar-refractivity contribution in [2.75, 3.05) is 0 Å². The van der Waals surface area contributed by atoms with E-state index >= 15 is 0 Å². The van der Waals surface area contributed by atoms with Crippen LogP contribution in [0.5, 0.6) is 0 Å². The molecule has 4 rings (SSSR count). The number of carbonyl (C=O) groups excluding carboxylic acids is 1. The van der Waals surface area contributed by atoms with E-state index in [1.165, 1.54) is 4.57 Å². The molecule has 1 N–H and O–H groups in total. The molecule has 8 nitrogen and oxygen atoms in total. The fourth-order valence-corrected chi connectivity index (χ4v) is 4.39. The topological polar surface area (TPSA) is 90.9 Å². The Morgan fingerprint density at radius 1 is 0.971 bits per heavy atom. The Balaban J connectivity index is 1.64. The number of carbonyl (C=O) groups is 1. The molecular weight excluding hydrogens is 442 g/mol. The van der Waals surface area contributed by atoms with Crippen molar-refractivity contribution in [3.05, 3.63) is 75.2 Å². The van der Waals surface area contributed by atoms with E-state index in [9.17, 15) is 14.4 Å². The van der Waals surface area contributed by atoms with Gasteiger partial charge in [-0.05, 0) is 42.2 Å². The van der Waals surface area contributed by atoms with Crippen molar-refractivity contribution in [3.8, 4) is 0 Å². The summed E-state index contributed by atoms with van der Waals surface area (Å²) in [5.41, 5.74) is 0.762. The summed E-state index contributed by atoms with van der Waals surface area (Å²) < 4.78 is 4.38. The van der Waals surface area contributed by atoms with Gasteiger partial charge in [-0.15, -0.1) is 0 Å². The molecule has 1 atom stereocenters. The van der Waals surface area contributed by atoms with Crippen LogP contribution in [-0.2, 0) is 24.4 Å². The average molecular weight is 476 g/mol. The molecule has 0 saturated heterocycles. The quantitative estimate of drug-likeness (QED) is 0.375. The molecule has 184 valence electrons. The van der Waals surface area contributed by atoms with Crippen LogP contribution >= 0.6 is 0 Å². The van der Waals surface area contributed by atoms with Gasteiger partial charge in [0.2, 0.25) is 5.91 Å². The number of unbranched alkanes of at least 4 members (excludes halogenated alkanes) is 2. The summed E-state index contributed by atoms with van der Waals surface area (Å²) in [5.74, 6) is -0.383. The molecule has 2 aromatic heterocycles. The van der Waals surface area contributed by atoms with Gasteiger partial charge in [-0.25, -0.2) is 14.3 Å². The van der Waals surface area contributed by atoms with Gasteiger partial charge < -0.3 is 9.88 Å². The van der Waals surface area contributed by atoms with Crippen molar-refractivity contribution in [1.29, 1.82) is 0 Å². The molecule has 0 aliphatic carbocycles. The van der Waals surface area contributed by atoms with E-state index in [1.54, 1.807) is 10.9 Å². The molecule has 0 aliphatic heterocycles. The first-order chi connectivity index (χ1) is 16.9. The van der Waals surface area contributed by atoms with Crippen molar-refractivity contribution in [2.45, 2.75) is 72.1 Å². The molecular formula is C27H33N5O3. The van der Waals surface area contributed by atoms with Gasteiger partial charge in [-0.3, -0.25) is 14.2 Å². The second-order valence-electron chi connectivity index (χ2n) is 9.04. The second-order valence-corrected chi connectivity index (χ2v) is 9.04. The molecule has 1 unspecified atom stereocenters. The van der Waals surface area contributed by atoms with Gasteiger partial charge in [-0.2, -0.15) is 0 Å². The molecule has 1 amide bonds. The Kier molecular flexibility index (Phi) is 7.48. The standard InChI is InChI=1S/C27H33N5O3/c1-4-6-14-30-18-28-25-24(30)26(34)32(27(35)31(25)15-7-5-2)17-23(33)29-19(3)21-13-12-20-10-8-9-11-22(20)16-21/h8-13,16,18-19H,4-7,14-15,17H2,1-3H3,(H,29,33). The Labute approximate surface area is 204 Å². The second kappa shape index (κ2) is 10.7. The summed E-state index contributed by atoms with van der Waals surface area (Å²) in [6.45, 7) is 6.77. The molecule has 0 aliphatic rings. The van der Waals surface area contributed by atoms with E-state index in [-0.39, 0.29) is 18.5 Å². The Morgan fingerprint density at radius 2 is 1.69 bits per heavy atom. The predicted octanol–water partition coefficient (Wildman–Crippen LogP) is 3.99. The predicted molar refractivity (Wildman–Crippen MR) is 139 cm³/mol. The van der Waals surface area contributed by atoms with Gasteiger partial charge in [-0.1, -0.05) is 63.1 Å². The van der Waals surface area contributed by atoms with Crippen LogP contribution in [0.1, 0.15) is 58.1 Å². The van der Waals surface area contributed by atoms with Gasteiger partial charge in [0.15, 0.2) is 11.2 Å². The van der Waals surface area contributed by atoms with Crippen LogP contribution in [0.25, 0.3) is 21.9 Å². The maximum atomic E-state index is 13.4. The molecule has 2 aromatic carbocycles. The normalized spacial score (nSPS) is 12.3. The van der Waals surface area contributed by atoms with Crippen molar-refractivity contribution in [1.82, 2.24) is 24.0 Å². The van der Waals surface area contributed by atoms with Crippen LogP contribution in [0, 0.1) is 0 Å². The van der Waals surface area contributed by atoms with Crippen LogP contribution in [0.4, 0.5) is 0 Å². The number of benzene rings is 2. The molecule has 35 heavy (non-hydrogen) atoms. The van der Waals surface area contributed by atoms with Crippen LogP contribution in [-0.4, -0.2) is 24.6 Å². The van der Waals surface area contributed by atoms with Crippen LogP contribution in [0.3, 0.4) is 0 Å². The summed E-state index contributed by atoms with van der Waals surface area (Å²) in [6, 6.07) is 13.8. The molecule has 0 fully saturated rings. The third-order valence-corrected chi connectivity index (χ3v) is 6.42. The first-order valence-electron chi connectivity index (χ1n) is 12.4. The van der Waals surface area contributed by atoms with E-state index < -0.39 is 11.2 Å². The number of amides is 1. The third kappa shape index (κ3) is 5.06. The summed E-state index contributed by atoms with van der Waals surface area (Å²) in [6.07, 6.45) is 5.16. The third-order valence-electron chi connectivity index (χ3n) is 6.42. The van der Waals surface area contributed by atoms with E-state index in [1.807, 2.05) is 56.3 Å². The number of nitrogens with one attached hydrogen (secondary N) is 1. The smallest absolute Gasteiger partial charge is 0.333 e. The summed E-state index contributed by atoms with van der Waals surface area (Å²) >= 11 is 0. The van der Waals surface area contributed by atoms with Crippen molar-refractivity contribution in [3.63, 3.8) is 0 Å². The zero-order valence-electron chi connectivity index (χ0n) is 20.7. The fourth-order valence-electron chi connectivity index (χ4n) is 4.39. The average Bonchev–Trinajstić information content (AvgIpc) is 3.28. The van der Waals surface area contributed by atoms with Crippen LogP contribution in [0.2, 0.25) is 0 Å². The Hall–Kier alpha value is -3.68. The lowest BCUT2D eigenvalue weighted by atomic mass is 10.0. The molecule has 0 spiro atoms. The van der Waals surface area contributed by atoms with Crippen LogP contribution in [0.15, 0.2) is 58.4 Å². The number of rotatable bonds is 10. The lowest BCUT2D eigenvalue weighted by molar-refractivity contribution is -0.122. The highest BCUT2D eigenvalue weighted by Crippen LogP contribution is 2.20. The summed E-state index contributed by atoms with van der Waals surface area (Å²) in [7, 11) is 0. The first-order valence-corrected chi connectivity index (χ1v) is 12.4. The minimum absolute atomic E-state index is 0.274. The largest absolute Gasteiger partial charge is 0.348 e. The van der Waals surface area contributed by atoms with Crippen molar-refractivity contribution < 1.29 is 4.79 Å². The van der Waals surface area contributed by atoms with E-state index in [4.69, 9.17) is 0 Å². The number of aryl methyl sites for hydroxylation is 2. The number of nitrogens with zero attached hydrogens (tertiary/aromatic N) is 4. The monoisotopic (exact) mass is 475 g/mol. The maximum Gasteiger partial charge on any atom is 0.333 e. The van der Waals surface area contributed by atoms with Crippen molar-refractivity contribution in [2.24, 2.45) is 0 Å². The number of hydrogen-bond acceptors (Lipinski definition) is 4. The highest BCUT2D eigenvalue weighted by atomic mass is 16.2. The number of fused-ring (bicyclic) bond motifs is 2. The molecule has 2 heterocycles. The van der Waals surface area contributed by atoms with Crippen molar-refractivity contribution >= 4 is 27.8 Å². The summed E-state index contributed by atoms with van der Waals surface area (Å²) in [5, 5.41) is 5.16. The first kappa shape index (κ1) is 24.4. The fraction of sp³-hybridized carbons (Fsp3) is 0.407. The summed E-state index contributed by atoms with van der Waals surface area (Å²) in [4.78, 5) is 44.0. The molecule has 0 bridgehead atoms. The molecule has 0 radical (unpaired) electrons. The SMILES string of the molecule is CCCCn1cnc2c1c(=O)n(CC(=O)NC(C)c1ccc3ccccc3c1)c(=O)n2CCCC. The number of imidazole rings is 1. The van der Waals surface area contributed by atoms with Gasteiger partial charge in [0.05, 0.1) is 12.4 Å². The minimum atomic E-state index is -0.495. The Bertz CT molecular complexity index is 1460. The van der Waals surface area contributed by atoms with E-state index in [0.717, 1.165) is 46.6 Å². The molecule has 8 heteroatoms. The van der Waals surface area contributed by atoms with Crippen LogP contribution < -0.4 is 16.6 Å². The highest BCUT2D eigenvalue weighted by molar-refractivity contribution is 5.83. The maximum absolute atomic E-state index is 13.4. The van der Waals surface area contributed by atoms with Gasteiger partial charge in [0, 0.05) is 13.1 Å².